The Labute approximate surface area is 94.2 Å². The molecule has 4 heteroatoms. The molecule has 0 bridgehead atoms. The molecule has 1 N–H and O–H groups in total. The molecule has 0 aliphatic rings. The number of halogens is 1. The van der Waals surface area contributed by atoms with Crippen LogP contribution in [0.15, 0.2) is 12.4 Å². The van der Waals surface area contributed by atoms with Crippen molar-refractivity contribution in [3.63, 3.8) is 0 Å². The van der Waals surface area contributed by atoms with E-state index >= 15 is 0 Å². The van der Waals surface area contributed by atoms with Crippen LogP contribution in [0.1, 0.15) is 12.2 Å². The Balaban J connectivity index is 0.00000169. The maximum atomic E-state index is 3.27. The van der Waals surface area contributed by atoms with Crippen molar-refractivity contribution in [3.05, 3.63) is 18.2 Å². The van der Waals surface area contributed by atoms with E-state index in [4.69, 9.17) is 0 Å². The second kappa shape index (κ2) is 5.56. The van der Waals surface area contributed by atoms with Crippen molar-refractivity contribution in [3.8, 4) is 0 Å². The first-order valence-corrected chi connectivity index (χ1v) is 8.72. The van der Waals surface area contributed by atoms with E-state index in [0.717, 1.165) is 0 Å². The highest BCUT2D eigenvalue weighted by Crippen LogP contribution is 2.12. The SMILES string of the molecule is C[n+]1cc[nH]c1CCC[Si](C)(C)C.[Cl-]. The van der Waals surface area contributed by atoms with Gasteiger partial charge in [0.05, 0.1) is 7.05 Å². The number of imidazole rings is 1. The minimum Gasteiger partial charge on any atom is -1.00 e. The molecule has 2 nitrogen and oxygen atoms in total. The van der Waals surface area contributed by atoms with Crippen molar-refractivity contribution in [1.82, 2.24) is 4.98 Å². The highest BCUT2D eigenvalue weighted by molar-refractivity contribution is 6.76. The number of H-pyrrole nitrogens is 1. The third-order valence-electron chi connectivity index (χ3n) is 2.31. The van der Waals surface area contributed by atoms with Gasteiger partial charge in [0.1, 0.15) is 12.4 Å². The van der Waals surface area contributed by atoms with Crippen molar-refractivity contribution in [2.75, 3.05) is 0 Å². The van der Waals surface area contributed by atoms with Gasteiger partial charge in [0, 0.05) is 14.5 Å². The number of nitrogens with zero attached hydrogens (tertiary/aromatic N) is 1. The Hall–Kier alpha value is -0.283. The van der Waals surface area contributed by atoms with E-state index in [1.54, 1.807) is 0 Å². The zero-order valence-electron chi connectivity index (χ0n) is 9.60. The number of aryl methyl sites for hydroxylation is 2. The van der Waals surface area contributed by atoms with Crippen LogP contribution in [-0.4, -0.2) is 13.1 Å². The van der Waals surface area contributed by atoms with E-state index in [0.29, 0.717) is 0 Å². The lowest BCUT2D eigenvalue weighted by Gasteiger charge is -2.13. The molecule has 82 valence electrons. The van der Waals surface area contributed by atoms with E-state index in [9.17, 15) is 0 Å². The average molecular weight is 233 g/mol. The van der Waals surface area contributed by atoms with Gasteiger partial charge in [0.15, 0.2) is 0 Å². The van der Waals surface area contributed by atoms with E-state index in [2.05, 4.69) is 42.4 Å². The van der Waals surface area contributed by atoms with Gasteiger partial charge >= 0.3 is 0 Å². The smallest absolute Gasteiger partial charge is 0.253 e. The molecule has 0 unspecified atom stereocenters. The molecule has 0 spiro atoms. The number of aromatic amines is 1. The van der Waals surface area contributed by atoms with Gasteiger partial charge in [-0.15, -0.1) is 0 Å². The molecular weight excluding hydrogens is 212 g/mol. The van der Waals surface area contributed by atoms with Crippen molar-refractivity contribution in [1.29, 1.82) is 0 Å². The Morgan fingerprint density at radius 2 is 2.00 bits per heavy atom. The Bertz CT molecular complexity index is 265. The predicted molar refractivity (Wildman–Crippen MR) is 58.4 cm³/mol. The monoisotopic (exact) mass is 232 g/mol. The van der Waals surface area contributed by atoms with Gasteiger partial charge in [-0.25, -0.2) is 9.55 Å². The lowest BCUT2D eigenvalue weighted by molar-refractivity contribution is -0.677. The fourth-order valence-corrected chi connectivity index (χ4v) is 2.71. The van der Waals surface area contributed by atoms with Gasteiger partial charge in [-0.1, -0.05) is 25.7 Å². The maximum absolute atomic E-state index is 3.27. The number of hydrogen-bond acceptors (Lipinski definition) is 0. The van der Waals surface area contributed by atoms with Gasteiger partial charge in [0.2, 0.25) is 0 Å². The van der Waals surface area contributed by atoms with Crippen LogP contribution in [-0.2, 0) is 13.5 Å². The average Bonchev–Trinajstić information content (AvgIpc) is 2.34. The van der Waals surface area contributed by atoms with Crippen LogP contribution in [0.4, 0.5) is 0 Å². The van der Waals surface area contributed by atoms with E-state index in [1.165, 1.54) is 24.7 Å². The summed E-state index contributed by atoms with van der Waals surface area (Å²) in [6, 6.07) is 1.42. The molecular formula is C10H21ClN2Si. The van der Waals surface area contributed by atoms with Gasteiger partial charge in [-0.2, -0.15) is 0 Å². The first-order chi connectivity index (χ1) is 5.99. The molecule has 0 atom stereocenters. The summed E-state index contributed by atoms with van der Waals surface area (Å²) in [5.74, 6) is 1.35. The van der Waals surface area contributed by atoms with Crippen LogP contribution in [0, 0.1) is 0 Å². The molecule has 1 aromatic heterocycles. The molecule has 0 aliphatic carbocycles. The normalized spacial score (nSPS) is 11.1. The fourth-order valence-electron chi connectivity index (χ4n) is 1.47. The zero-order chi connectivity index (χ0) is 9.90. The van der Waals surface area contributed by atoms with Crippen LogP contribution < -0.4 is 17.0 Å². The molecule has 0 saturated heterocycles. The number of rotatable bonds is 4. The first-order valence-electron chi connectivity index (χ1n) is 5.01. The van der Waals surface area contributed by atoms with Crippen LogP contribution in [0.25, 0.3) is 0 Å². The maximum Gasteiger partial charge on any atom is 0.253 e. The summed E-state index contributed by atoms with van der Waals surface area (Å²) in [6.07, 6.45) is 6.59. The minimum absolute atomic E-state index is 0. The third kappa shape index (κ3) is 4.82. The minimum atomic E-state index is -0.831. The highest BCUT2D eigenvalue weighted by atomic mass is 35.5. The number of nitrogens with one attached hydrogen (secondary N) is 1. The molecule has 0 radical (unpaired) electrons. The van der Waals surface area contributed by atoms with Crippen LogP contribution in [0.2, 0.25) is 25.7 Å². The zero-order valence-corrected chi connectivity index (χ0v) is 11.4. The predicted octanol–water partition coefficient (Wildman–Crippen LogP) is -0.886. The summed E-state index contributed by atoms with van der Waals surface area (Å²) in [4.78, 5) is 3.27. The van der Waals surface area contributed by atoms with Gasteiger partial charge in [-0.3, -0.25) is 0 Å². The molecule has 0 fully saturated rings. The number of aromatic nitrogens is 2. The Kier molecular flexibility index (Phi) is 5.45. The van der Waals surface area contributed by atoms with Crippen LogP contribution in [0.3, 0.4) is 0 Å². The summed E-state index contributed by atoms with van der Waals surface area (Å²) in [5, 5.41) is 0. The lowest BCUT2D eigenvalue weighted by atomic mass is 10.3. The number of hydrogen-bond donors (Lipinski definition) is 1. The van der Waals surface area contributed by atoms with E-state index < -0.39 is 8.07 Å². The van der Waals surface area contributed by atoms with Crippen molar-refractivity contribution in [2.24, 2.45) is 7.05 Å². The van der Waals surface area contributed by atoms with Gasteiger partial charge in [-0.05, 0) is 6.42 Å². The Morgan fingerprint density at radius 3 is 2.43 bits per heavy atom. The second-order valence-corrected chi connectivity index (χ2v) is 10.6. The summed E-state index contributed by atoms with van der Waals surface area (Å²) in [7, 11) is 1.27. The molecule has 0 amide bonds. The molecule has 1 heterocycles. The topological polar surface area (TPSA) is 19.7 Å². The third-order valence-corrected chi connectivity index (χ3v) is 4.17. The largest absolute Gasteiger partial charge is 1.00 e. The molecule has 0 aliphatic heterocycles. The van der Waals surface area contributed by atoms with Crippen LogP contribution >= 0.6 is 0 Å². The van der Waals surface area contributed by atoms with Crippen LogP contribution in [0.5, 0.6) is 0 Å². The van der Waals surface area contributed by atoms with Crippen molar-refractivity contribution in [2.45, 2.75) is 38.5 Å². The Morgan fingerprint density at radius 1 is 1.36 bits per heavy atom. The lowest BCUT2D eigenvalue weighted by Crippen LogP contribution is -3.00. The van der Waals surface area contributed by atoms with Gasteiger partial charge < -0.3 is 12.4 Å². The first kappa shape index (κ1) is 13.7. The molecule has 0 aromatic carbocycles. The molecule has 14 heavy (non-hydrogen) atoms. The molecule has 0 saturated carbocycles. The van der Waals surface area contributed by atoms with E-state index in [1.807, 2.05) is 6.20 Å². The molecule has 1 rings (SSSR count). The van der Waals surface area contributed by atoms with E-state index in [-0.39, 0.29) is 12.4 Å². The van der Waals surface area contributed by atoms with Crippen molar-refractivity contribution >= 4 is 8.07 Å². The summed E-state index contributed by atoms with van der Waals surface area (Å²) < 4.78 is 2.17. The standard InChI is InChI=1S/C10H20N2Si.ClH/c1-12-8-7-11-10(12)6-5-9-13(2,3)4;/h7-8H,5-6,9H2,1-4H3;1H. The van der Waals surface area contributed by atoms with Crippen molar-refractivity contribution < 1.29 is 17.0 Å². The summed E-state index contributed by atoms with van der Waals surface area (Å²) in [5.41, 5.74) is 0. The summed E-state index contributed by atoms with van der Waals surface area (Å²) in [6.45, 7) is 7.30. The quantitative estimate of drug-likeness (QED) is 0.514. The highest BCUT2D eigenvalue weighted by Gasteiger charge is 2.14. The molecule has 1 aromatic rings. The summed E-state index contributed by atoms with van der Waals surface area (Å²) >= 11 is 0. The van der Waals surface area contributed by atoms with Gasteiger partial charge in [0.25, 0.3) is 5.82 Å². The fraction of sp³-hybridized carbons (Fsp3) is 0.700. The second-order valence-electron chi connectivity index (χ2n) is 4.93.